The summed E-state index contributed by atoms with van der Waals surface area (Å²) in [5.41, 5.74) is 2.58. The van der Waals surface area contributed by atoms with Gasteiger partial charge in [0.15, 0.2) is 0 Å². The maximum atomic E-state index is 9.21. The van der Waals surface area contributed by atoms with E-state index in [1.54, 1.807) is 0 Å². The van der Waals surface area contributed by atoms with Gasteiger partial charge >= 0.3 is 0 Å². The molecule has 2 heteroatoms. The van der Waals surface area contributed by atoms with Crippen molar-refractivity contribution in [3.05, 3.63) is 35.4 Å². The molecule has 1 saturated heterocycles. The predicted molar refractivity (Wildman–Crippen MR) is 74.5 cm³/mol. The molecule has 0 saturated carbocycles. The summed E-state index contributed by atoms with van der Waals surface area (Å²) in [6, 6.07) is 11.1. The second kappa shape index (κ2) is 5.54. The Kier molecular flexibility index (Phi) is 4.04. The van der Waals surface area contributed by atoms with Crippen molar-refractivity contribution in [2.45, 2.75) is 32.1 Å². The Morgan fingerprint density at radius 3 is 2.39 bits per heavy atom. The lowest BCUT2D eigenvalue weighted by Crippen LogP contribution is -2.13. The number of likely N-dealkylation sites (N-methyl/N-ethyl adjacent to an activating group) is 1. The lowest BCUT2D eigenvalue weighted by atomic mass is 9.88. The average molecular weight is 242 g/mol. The molecule has 1 aromatic carbocycles. The van der Waals surface area contributed by atoms with E-state index in [1.165, 1.54) is 18.5 Å². The van der Waals surface area contributed by atoms with Gasteiger partial charge in [0.05, 0.1) is 12.0 Å². The van der Waals surface area contributed by atoms with Crippen LogP contribution in [0.5, 0.6) is 0 Å². The molecule has 0 aromatic heterocycles. The van der Waals surface area contributed by atoms with Crippen LogP contribution >= 0.6 is 0 Å². The number of hydrogen-bond acceptors (Lipinski definition) is 2. The highest BCUT2D eigenvalue weighted by atomic mass is 15.1. The fourth-order valence-corrected chi connectivity index (χ4v) is 2.79. The second-order valence-electron chi connectivity index (χ2n) is 5.77. The highest BCUT2D eigenvalue weighted by Crippen LogP contribution is 2.29. The number of nitriles is 1. The summed E-state index contributed by atoms with van der Waals surface area (Å²) in [5.74, 6) is 1.06. The van der Waals surface area contributed by atoms with Crippen LogP contribution in [0.1, 0.15) is 43.2 Å². The Bertz CT molecular complexity index is 427. The van der Waals surface area contributed by atoms with Crippen molar-refractivity contribution in [3.63, 3.8) is 0 Å². The standard InChI is InChI=1S/C16H22N2/c1-12(2)16(10-17)14-6-4-13(5-7-14)15-8-9-18(3)11-15/h4-7,12,15-16H,8-9,11H2,1-3H3. The number of benzene rings is 1. The molecular formula is C16H22N2. The van der Waals surface area contributed by atoms with Crippen LogP contribution in [-0.4, -0.2) is 25.0 Å². The average Bonchev–Trinajstić information content (AvgIpc) is 2.77. The smallest absolute Gasteiger partial charge is 0.0735 e. The topological polar surface area (TPSA) is 27.0 Å². The number of likely N-dealkylation sites (tertiary alicyclic amines) is 1. The van der Waals surface area contributed by atoms with E-state index >= 15 is 0 Å². The molecule has 96 valence electrons. The van der Waals surface area contributed by atoms with Gasteiger partial charge < -0.3 is 4.90 Å². The van der Waals surface area contributed by atoms with E-state index < -0.39 is 0 Å². The molecule has 2 rings (SSSR count). The van der Waals surface area contributed by atoms with Gasteiger partial charge in [-0.15, -0.1) is 0 Å². The number of hydrogen-bond donors (Lipinski definition) is 0. The Morgan fingerprint density at radius 2 is 1.94 bits per heavy atom. The predicted octanol–water partition coefficient (Wildman–Crippen LogP) is 3.37. The van der Waals surface area contributed by atoms with Crippen LogP contribution in [0, 0.1) is 17.2 Å². The third-order valence-corrected chi connectivity index (χ3v) is 3.96. The van der Waals surface area contributed by atoms with Gasteiger partial charge in [-0.2, -0.15) is 5.26 Å². The van der Waals surface area contributed by atoms with Crippen LogP contribution in [0.15, 0.2) is 24.3 Å². The maximum Gasteiger partial charge on any atom is 0.0735 e. The minimum Gasteiger partial charge on any atom is -0.306 e. The van der Waals surface area contributed by atoms with Crippen LogP contribution in [-0.2, 0) is 0 Å². The molecule has 1 aliphatic rings. The monoisotopic (exact) mass is 242 g/mol. The molecule has 1 heterocycles. The van der Waals surface area contributed by atoms with Gasteiger partial charge in [0, 0.05) is 6.54 Å². The van der Waals surface area contributed by atoms with Gasteiger partial charge in [0.25, 0.3) is 0 Å². The molecule has 2 atom stereocenters. The highest BCUT2D eigenvalue weighted by molar-refractivity contribution is 5.31. The van der Waals surface area contributed by atoms with Crippen molar-refractivity contribution >= 4 is 0 Å². The van der Waals surface area contributed by atoms with E-state index in [0.29, 0.717) is 11.8 Å². The van der Waals surface area contributed by atoms with Crippen LogP contribution in [0.4, 0.5) is 0 Å². The van der Waals surface area contributed by atoms with Crippen molar-refractivity contribution in [1.82, 2.24) is 4.90 Å². The summed E-state index contributed by atoms with van der Waals surface area (Å²) >= 11 is 0. The minimum absolute atomic E-state index is 0.0188. The fraction of sp³-hybridized carbons (Fsp3) is 0.562. The molecular weight excluding hydrogens is 220 g/mol. The number of rotatable bonds is 3. The first-order chi connectivity index (χ1) is 8.61. The van der Waals surface area contributed by atoms with Crippen LogP contribution in [0.3, 0.4) is 0 Å². The molecule has 0 radical (unpaired) electrons. The largest absolute Gasteiger partial charge is 0.306 e. The van der Waals surface area contributed by atoms with Gasteiger partial charge in [-0.1, -0.05) is 38.1 Å². The lowest BCUT2D eigenvalue weighted by molar-refractivity contribution is 0.411. The second-order valence-corrected chi connectivity index (χ2v) is 5.77. The molecule has 1 aromatic rings. The van der Waals surface area contributed by atoms with Crippen molar-refractivity contribution in [1.29, 1.82) is 5.26 Å². The Labute approximate surface area is 110 Å². The van der Waals surface area contributed by atoms with Crippen LogP contribution < -0.4 is 0 Å². The lowest BCUT2D eigenvalue weighted by Gasteiger charge is -2.15. The van der Waals surface area contributed by atoms with E-state index in [9.17, 15) is 5.26 Å². The van der Waals surface area contributed by atoms with E-state index in [4.69, 9.17) is 0 Å². The molecule has 0 spiro atoms. The van der Waals surface area contributed by atoms with Gasteiger partial charge in [-0.3, -0.25) is 0 Å². The molecule has 2 nitrogen and oxygen atoms in total. The van der Waals surface area contributed by atoms with E-state index in [1.807, 2.05) is 0 Å². The Morgan fingerprint density at radius 1 is 1.28 bits per heavy atom. The zero-order chi connectivity index (χ0) is 13.1. The molecule has 0 aliphatic carbocycles. The zero-order valence-corrected chi connectivity index (χ0v) is 11.6. The van der Waals surface area contributed by atoms with Gasteiger partial charge in [-0.25, -0.2) is 0 Å². The molecule has 1 aliphatic heterocycles. The highest BCUT2D eigenvalue weighted by Gasteiger charge is 2.21. The summed E-state index contributed by atoms with van der Waals surface area (Å²) in [5, 5.41) is 9.21. The normalized spacial score (nSPS) is 22.1. The molecule has 2 unspecified atom stereocenters. The first-order valence-electron chi connectivity index (χ1n) is 6.80. The molecule has 18 heavy (non-hydrogen) atoms. The van der Waals surface area contributed by atoms with Crippen molar-refractivity contribution in [3.8, 4) is 6.07 Å². The molecule has 0 N–H and O–H groups in total. The van der Waals surface area contributed by atoms with Gasteiger partial charge in [0.1, 0.15) is 0 Å². The summed E-state index contributed by atoms with van der Waals surface area (Å²) in [7, 11) is 2.18. The Balaban J connectivity index is 2.13. The zero-order valence-electron chi connectivity index (χ0n) is 11.6. The third kappa shape index (κ3) is 2.73. The third-order valence-electron chi connectivity index (χ3n) is 3.96. The van der Waals surface area contributed by atoms with Gasteiger partial charge in [0.2, 0.25) is 0 Å². The van der Waals surface area contributed by atoms with Crippen molar-refractivity contribution < 1.29 is 0 Å². The molecule has 0 amide bonds. The van der Waals surface area contributed by atoms with Gasteiger partial charge in [-0.05, 0) is 43.0 Å². The minimum atomic E-state index is 0.0188. The van der Waals surface area contributed by atoms with Crippen molar-refractivity contribution in [2.75, 3.05) is 20.1 Å². The summed E-state index contributed by atoms with van der Waals surface area (Å²) in [4.78, 5) is 2.38. The fourth-order valence-electron chi connectivity index (χ4n) is 2.79. The first kappa shape index (κ1) is 13.1. The van der Waals surface area contributed by atoms with E-state index in [0.717, 1.165) is 12.1 Å². The summed E-state index contributed by atoms with van der Waals surface area (Å²) in [6.07, 6.45) is 1.25. The van der Waals surface area contributed by atoms with Crippen LogP contribution in [0.2, 0.25) is 0 Å². The van der Waals surface area contributed by atoms with Crippen molar-refractivity contribution in [2.24, 2.45) is 5.92 Å². The molecule has 0 bridgehead atoms. The molecule has 1 fully saturated rings. The quantitative estimate of drug-likeness (QED) is 0.812. The van der Waals surface area contributed by atoms with Crippen LogP contribution in [0.25, 0.3) is 0 Å². The Hall–Kier alpha value is -1.33. The first-order valence-corrected chi connectivity index (χ1v) is 6.80. The summed E-state index contributed by atoms with van der Waals surface area (Å²) in [6.45, 7) is 6.56. The maximum absolute atomic E-state index is 9.21. The summed E-state index contributed by atoms with van der Waals surface area (Å²) < 4.78 is 0. The number of nitrogens with zero attached hydrogens (tertiary/aromatic N) is 2. The SMILES string of the molecule is CC(C)C(C#N)c1ccc(C2CCN(C)C2)cc1. The van der Waals surface area contributed by atoms with E-state index in [-0.39, 0.29) is 5.92 Å². The van der Waals surface area contributed by atoms with E-state index in [2.05, 4.69) is 56.1 Å².